The number of nitrogens with one attached hydrogen (secondary N) is 1. The van der Waals surface area contributed by atoms with Gasteiger partial charge in [-0.2, -0.15) is 0 Å². The number of ether oxygens (including phenoxy) is 1. The zero-order chi connectivity index (χ0) is 11.4. The van der Waals surface area contributed by atoms with E-state index < -0.39 is 0 Å². The Morgan fingerprint density at radius 2 is 2.62 bits per heavy atom. The van der Waals surface area contributed by atoms with Gasteiger partial charge in [-0.05, 0) is 14.0 Å². The molecule has 1 aliphatic heterocycles. The van der Waals surface area contributed by atoms with Crippen molar-refractivity contribution in [3.05, 3.63) is 16.6 Å². The molecule has 1 aromatic heterocycles. The molecule has 1 fully saturated rings. The number of thiazole rings is 1. The number of hydrogen-bond donors (Lipinski definition) is 1. The molecule has 1 saturated heterocycles. The Bertz CT molecular complexity index is 304. The minimum Gasteiger partial charge on any atom is -0.374 e. The molecular formula is C11H19N3OS. The van der Waals surface area contributed by atoms with E-state index in [9.17, 15) is 0 Å². The number of nitrogens with zero attached hydrogens (tertiary/aromatic N) is 2. The lowest BCUT2D eigenvalue weighted by atomic mass is 10.2. The number of rotatable bonds is 4. The largest absolute Gasteiger partial charge is 0.374 e. The fourth-order valence-corrected chi connectivity index (χ4v) is 2.50. The second-order valence-corrected chi connectivity index (χ2v) is 5.18. The molecular weight excluding hydrogens is 222 g/mol. The lowest BCUT2D eigenvalue weighted by Crippen LogP contribution is -2.45. The highest BCUT2D eigenvalue weighted by Crippen LogP contribution is 2.14. The van der Waals surface area contributed by atoms with Crippen molar-refractivity contribution < 1.29 is 4.74 Å². The molecule has 0 spiro atoms. The lowest BCUT2D eigenvalue weighted by molar-refractivity contribution is -0.0190. The summed E-state index contributed by atoms with van der Waals surface area (Å²) in [5, 5.41) is 6.63. The Morgan fingerprint density at radius 1 is 1.75 bits per heavy atom. The van der Waals surface area contributed by atoms with E-state index in [1.54, 1.807) is 11.3 Å². The first-order valence-electron chi connectivity index (χ1n) is 5.68. The maximum atomic E-state index is 5.69. The Labute approximate surface area is 101 Å². The van der Waals surface area contributed by atoms with Crippen LogP contribution in [-0.2, 0) is 4.74 Å². The van der Waals surface area contributed by atoms with E-state index in [0.29, 0.717) is 12.1 Å². The number of likely N-dealkylation sites (N-methyl/N-ethyl adjacent to an activating group) is 1. The van der Waals surface area contributed by atoms with Crippen LogP contribution in [0.3, 0.4) is 0 Å². The fourth-order valence-electron chi connectivity index (χ4n) is 1.83. The van der Waals surface area contributed by atoms with Gasteiger partial charge < -0.3 is 15.0 Å². The molecule has 5 heteroatoms. The lowest BCUT2D eigenvalue weighted by Gasteiger charge is -2.30. The van der Waals surface area contributed by atoms with E-state index in [0.717, 1.165) is 31.2 Å². The van der Waals surface area contributed by atoms with Gasteiger partial charge in [-0.3, -0.25) is 0 Å². The molecule has 0 aromatic carbocycles. The summed E-state index contributed by atoms with van der Waals surface area (Å²) in [6, 6.07) is 0.316. The SMILES string of the molecule is CC(NCC1CN(C)CCO1)c1nccs1. The van der Waals surface area contributed by atoms with Crippen LogP contribution in [-0.4, -0.2) is 49.3 Å². The fraction of sp³-hybridized carbons (Fsp3) is 0.727. The molecule has 0 amide bonds. The first-order chi connectivity index (χ1) is 7.75. The topological polar surface area (TPSA) is 37.4 Å². The van der Waals surface area contributed by atoms with E-state index in [-0.39, 0.29) is 0 Å². The van der Waals surface area contributed by atoms with Crippen LogP contribution in [0.1, 0.15) is 18.0 Å². The Hall–Kier alpha value is -0.490. The number of morpholine rings is 1. The summed E-state index contributed by atoms with van der Waals surface area (Å²) in [6.45, 7) is 5.93. The van der Waals surface area contributed by atoms with Crippen molar-refractivity contribution in [1.82, 2.24) is 15.2 Å². The number of aromatic nitrogens is 1. The molecule has 2 unspecified atom stereocenters. The Balaban J connectivity index is 1.74. The maximum Gasteiger partial charge on any atom is 0.109 e. The van der Waals surface area contributed by atoms with Gasteiger partial charge in [0.25, 0.3) is 0 Å². The normalized spacial score (nSPS) is 24.5. The van der Waals surface area contributed by atoms with Crippen molar-refractivity contribution >= 4 is 11.3 Å². The minimum atomic E-state index is 0.307. The van der Waals surface area contributed by atoms with E-state index in [4.69, 9.17) is 4.74 Å². The van der Waals surface area contributed by atoms with E-state index in [1.807, 2.05) is 11.6 Å². The van der Waals surface area contributed by atoms with Crippen molar-refractivity contribution in [1.29, 1.82) is 0 Å². The molecule has 2 rings (SSSR count). The third kappa shape index (κ3) is 3.25. The third-order valence-electron chi connectivity index (χ3n) is 2.82. The van der Waals surface area contributed by atoms with Crippen LogP contribution < -0.4 is 5.32 Å². The molecule has 0 bridgehead atoms. The number of hydrogen-bond acceptors (Lipinski definition) is 5. The van der Waals surface area contributed by atoms with Crippen molar-refractivity contribution in [2.45, 2.75) is 19.1 Å². The van der Waals surface area contributed by atoms with Crippen LogP contribution in [0.15, 0.2) is 11.6 Å². The highest BCUT2D eigenvalue weighted by atomic mass is 32.1. The zero-order valence-corrected chi connectivity index (χ0v) is 10.7. The smallest absolute Gasteiger partial charge is 0.109 e. The molecule has 1 N–H and O–H groups in total. The molecule has 90 valence electrons. The molecule has 16 heavy (non-hydrogen) atoms. The highest BCUT2D eigenvalue weighted by Gasteiger charge is 2.18. The molecule has 1 aromatic rings. The van der Waals surface area contributed by atoms with Gasteiger partial charge in [0.15, 0.2) is 0 Å². The first-order valence-corrected chi connectivity index (χ1v) is 6.56. The average Bonchev–Trinajstić information content (AvgIpc) is 2.79. The van der Waals surface area contributed by atoms with Gasteiger partial charge >= 0.3 is 0 Å². The van der Waals surface area contributed by atoms with E-state index in [1.165, 1.54) is 0 Å². The summed E-state index contributed by atoms with van der Waals surface area (Å²) >= 11 is 1.69. The van der Waals surface area contributed by atoms with Crippen molar-refractivity contribution in [2.24, 2.45) is 0 Å². The second kappa shape index (κ2) is 5.72. The molecule has 0 aliphatic carbocycles. The monoisotopic (exact) mass is 241 g/mol. The standard InChI is InChI=1S/C11H19N3OS/c1-9(11-12-3-6-16-11)13-7-10-8-14(2)4-5-15-10/h3,6,9-10,13H,4-5,7-8H2,1-2H3. The van der Waals surface area contributed by atoms with E-state index in [2.05, 4.69) is 29.2 Å². The van der Waals surface area contributed by atoms with Crippen molar-refractivity contribution in [3.63, 3.8) is 0 Å². The minimum absolute atomic E-state index is 0.307. The van der Waals surface area contributed by atoms with Crippen LogP contribution in [0.2, 0.25) is 0 Å². The zero-order valence-electron chi connectivity index (χ0n) is 9.85. The molecule has 1 aliphatic rings. The van der Waals surface area contributed by atoms with Gasteiger partial charge in [-0.15, -0.1) is 11.3 Å². The van der Waals surface area contributed by atoms with Crippen LogP contribution in [0.5, 0.6) is 0 Å². The van der Waals surface area contributed by atoms with Gasteiger partial charge in [0.05, 0.1) is 18.8 Å². The predicted molar refractivity (Wildman–Crippen MR) is 65.8 cm³/mol. The van der Waals surface area contributed by atoms with Gasteiger partial charge in [-0.1, -0.05) is 0 Å². The maximum absolute atomic E-state index is 5.69. The van der Waals surface area contributed by atoms with Crippen molar-refractivity contribution in [3.8, 4) is 0 Å². The summed E-state index contributed by atoms with van der Waals surface area (Å²) in [6.07, 6.45) is 2.16. The van der Waals surface area contributed by atoms with Crippen LogP contribution >= 0.6 is 11.3 Å². The second-order valence-electron chi connectivity index (χ2n) is 4.26. The third-order valence-corrected chi connectivity index (χ3v) is 3.77. The molecule has 0 saturated carbocycles. The van der Waals surface area contributed by atoms with Gasteiger partial charge in [-0.25, -0.2) is 4.98 Å². The van der Waals surface area contributed by atoms with Crippen LogP contribution in [0.4, 0.5) is 0 Å². The summed E-state index contributed by atoms with van der Waals surface area (Å²) in [7, 11) is 2.14. The summed E-state index contributed by atoms with van der Waals surface area (Å²) < 4.78 is 5.69. The summed E-state index contributed by atoms with van der Waals surface area (Å²) in [5.74, 6) is 0. The van der Waals surface area contributed by atoms with Gasteiger partial charge in [0.1, 0.15) is 5.01 Å². The molecule has 2 atom stereocenters. The van der Waals surface area contributed by atoms with Gasteiger partial charge in [0.2, 0.25) is 0 Å². The Morgan fingerprint density at radius 3 is 3.31 bits per heavy atom. The van der Waals surface area contributed by atoms with Crippen molar-refractivity contribution in [2.75, 3.05) is 33.3 Å². The van der Waals surface area contributed by atoms with E-state index >= 15 is 0 Å². The average molecular weight is 241 g/mol. The molecule has 4 nitrogen and oxygen atoms in total. The van der Waals surface area contributed by atoms with Crippen LogP contribution in [0.25, 0.3) is 0 Å². The summed E-state index contributed by atoms with van der Waals surface area (Å²) in [5.41, 5.74) is 0. The molecule has 0 radical (unpaired) electrons. The summed E-state index contributed by atoms with van der Waals surface area (Å²) in [4.78, 5) is 6.61. The first kappa shape index (κ1) is 12.0. The quantitative estimate of drug-likeness (QED) is 0.857. The van der Waals surface area contributed by atoms with Gasteiger partial charge in [0, 0.05) is 31.2 Å². The van der Waals surface area contributed by atoms with Crippen LogP contribution in [0, 0.1) is 0 Å². The Kier molecular flexibility index (Phi) is 4.29. The highest BCUT2D eigenvalue weighted by molar-refractivity contribution is 7.09. The predicted octanol–water partition coefficient (Wildman–Crippen LogP) is 1.12. The molecule has 2 heterocycles.